The van der Waals surface area contributed by atoms with E-state index in [-0.39, 0.29) is 11.1 Å². The van der Waals surface area contributed by atoms with Crippen molar-refractivity contribution in [2.45, 2.75) is 13.8 Å². The molecule has 126 valence electrons. The van der Waals surface area contributed by atoms with Gasteiger partial charge >= 0.3 is 5.97 Å². The van der Waals surface area contributed by atoms with Crippen LogP contribution in [0.1, 0.15) is 31.8 Å². The molecule has 1 amide bonds. The minimum absolute atomic E-state index is 0.142. The molecule has 0 unspecified atom stereocenters. The number of hydrogen-bond donors (Lipinski definition) is 2. The highest BCUT2D eigenvalue weighted by molar-refractivity contribution is 6.09. The molecule has 6 nitrogen and oxygen atoms in total. The van der Waals surface area contributed by atoms with Gasteiger partial charge in [0.2, 0.25) is 0 Å². The predicted octanol–water partition coefficient (Wildman–Crippen LogP) is 3.27. The fourth-order valence-corrected chi connectivity index (χ4v) is 2.48. The third-order valence-electron chi connectivity index (χ3n) is 3.70. The highest BCUT2D eigenvalue weighted by Gasteiger charge is 2.20. The summed E-state index contributed by atoms with van der Waals surface area (Å²) in [6, 6.07) is 8.20. The number of methoxy groups -OCH3 is 2. The molecule has 0 bridgehead atoms. The van der Waals surface area contributed by atoms with Gasteiger partial charge in [0.05, 0.1) is 19.8 Å². The molecule has 0 spiro atoms. The second-order valence-corrected chi connectivity index (χ2v) is 5.28. The fraction of sp³-hybridized carbons (Fsp3) is 0.222. The van der Waals surface area contributed by atoms with Crippen molar-refractivity contribution in [3.63, 3.8) is 0 Å². The van der Waals surface area contributed by atoms with E-state index in [1.54, 1.807) is 38.1 Å². The third-order valence-corrected chi connectivity index (χ3v) is 3.70. The maximum Gasteiger partial charge on any atom is 0.336 e. The van der Waals surface area contributed by atoms with Gasteiger partial charge in [0.1, 0.15) is 17.1 Å². The van der Waals surface area contributed by atoms with E-state index in [9.17, 15) is 14.7 Å². The van der Waals surface area contributed by atoms with Crippen molar-refractivity contribution in [2.24, 2.45) is 0 Å². The predicted molar refractivity (Wildman–Crippen MR) is 90.4 cm³/mol. The van der Waals surface area contributed by atoms with Crippen LogP contribution in [0.5, 0.6) is 11.5 Å². The van der Waals surface area contributed by atoms with Gasteiger partial charge in [-0.15, -0.1) is 0 Å². The molecular formula is C18H19NO5. The van der Waals surface area contributed by atoms with Crippen LogP contribution in [0.25, 0.3) is 0 Å². The van der Waals surface area contributed by atoms with E-state index in [0.717, 1.165) is 5.56 Å². The van der Waals surface area contributed by atoms with E-state index in [4.69, 9.17) is 9.47 Å². The number of carbonyl (C=O) groups excluding carboxylic acids is 1. The molecule has 0 aliphatic rings. The Morgan fingerprint density at radius 2 is 1.58 bits per heavy atom. The SMILES string of the molecule is COc1cccc(OC)c1C(=O)Nc1cc(C(=O)O)c(C)cc1C. The number of hydrogen-bond acceptors (Lipinski definition) is 4. The summed E-state index contributed by atoms with van der Waals surface area (Å²) < 4.78 is 10.4. The molecule has 0 aromatic heterocycles. The molecule has 0 saturated heterocycles. The first-order valence-electron chi connectivity index (χ1n) is 7.26. The van der Waals surface area contributed by atoms with Gasteiger partial charge < -0.3 is 19.9 Å². The number of amides is 1. The minimum Gasteiger partial charge on any atom is -0.496 e. The molecular weight excluding hydrogens is 310 g/mol. The van der Waals surface area contributed by atoms with Crippen LogP contribution in [0.4, 0.5) is 5.69 Å². The zero-order valence-corrected chi connectivity index (χ0v) is 14.0. The molecule has 24 heavy (non-hydrogen) atoms. The molecule has 6 heteroatoms. The van der Waals surface area contributed by atoms with E-state index in [2.05, 4.69) is 5.32 Å². The topological polar surface area (TPSA) is 84.9 Å². The summed E-state index contributed by atoms with van der Waals surface area (Å²) in [5.74, 6) is -0.740. The Bertz CT molecular complexity index is 776. The summed E-state index contributed by atoms with van der Waals surface area (Å²) >= 11 is 0. The largest absolute Gasteiger partial charge is 0.496 e. The fourth-order valence-electron chi connectivity index (χ4n) is 2.48. The Morgan fingerprint density at radius 1 is 1.00 bits per heavy atom. The molecule has 0 aliphatic carbocycles. The zero-order valence-electron chi connectivity index (χ0n) is 14.0. The quantitative estimate of drug-likeness (QED) is 0.879. The standard InChI is InChI=1S/C18H19NO5/c1-10-8-11(2)13(9-12(10)18(21)22)19-17(20)16-14(23-3)6-5-7-15(16)24-4/h5-9H,1-4H3,(H,19,20)(H,21,22). The maximum atomic E-state index is 12.7. The van der Waals surface area contributed by atoms with Crippen LogP contribution in [0, 0.1) is 13.8 Å². The molecule has 2 aromatic carbocycles. The van der Waals surface area contributed by atoms with Crippen LogP contribution < -0.4 is 14.8 Å². The average molecular weight is 329 g/mol. The Labute approximate surface area is 140 Å². The van der Waals surface area contributed by atoms with Gasteiger partial charge in [-0.1, -0.05) is 12.1 Å². The minimum atomic E-state index is -1.04. The Balaban J connectivity index is 2.44. The van der Waals surface area contributed by atoms with Gasteiger partial charge in [0.25, 0.3) is 5.91 Å². The molecule has 0 saturated carbocycles. The van der Waals surface area contributed by atoms with Crippen LogP contribution >= 0.6 is 0 Å². The normalized spacial score (nSPS) is 10.2. The molecule has 2 rings (SSSR count). The molecule has 0 atom stereocenters. The highest BCUT2D eigenvalue weighted by Crippen LogP contribution is 2.30. The average Bonchev–Trinajstić information content (AvgIpc) is 2.55. The summed E-state index contributed by atoms with van der Waals surface area (Å²) in [6.45, 7) is 3.51. The number of aryl methyl sites for hydroxylation is 2. The molecule has 0 radical (unpaired) electrons. The van der Waals surface area contributed by atoms with Crippen LogP contribution in [0.3, 0.4) is 0 Å². The number of nitrogens with one attached hydrogen (secondary N) is 1. The van der Waals surface area contributed by atoms with Crippen LogP contribution in [0.2, 0.25) is 0 Å². The second-order valence-electron chi connectivity index (χ2n) is 5.28. The Kier molecular flexibility index (Phi) is 5.08. The smallest absolute Gasteiger partial charge is 0.336 e. The summed E-state index contributed by atoms with van der Waals surface area (Å²) in [5.41, 5.74) is 2.21. The lowest BCUT2D eigenvalue weighted by molar-refractivity contribution is 0.0695. The van der Waals surface area contributed by atoms with E-state index >= 15 is 0 Å². The van der Waals surface area contributed by atoms with Gasteiger partial charge in [-0.25, -0.2) is 4.79 Å². The van der Waals surface area contributed by atoms with Gasteiger partial charge in [0.15, 0.2) is 0 Å². The summed E-state index contributed by atoms with van der Waals surface area (Å²) in [7, 11) is 2.93. The number of anilines is 1. The lowest BCUT2D eigenvalue weighted by Crippen LogP contribution is -2.16. The molecule has 2 aromatic rings. The van der Waals surface area contributed by atoms with E-state index < -0.39 is 11.9 Å². The first-order valence-corrected chi connectivity index (χ1v) is 7.26. The van der Waals surface area contributed by atoms with Crippen LogP contribution in [0.15, 0.2) is 30.3 Å². The number of carbonyl (C=O) groups is 2. The van der Waals surface area contributed by atoms with Crippen molar-refractivity contribution in [2.75, 3.05) is 19.5 Å². The second kappa shape index (κ2) is 7.04. The van der Waals surface area contributed by atoms with Crippen molar-refractivity contribution >= 4 is 17.6 Å². The van der Waals surface area contributed by atoms with E-state index in [1.807, 2.05) is 0 Å². The number of carboxylic acids is 1. The van der Waals surface area contributed by atoms with Crippen LogP contribution in [-0.4, -0.2) is 31.2 Å². The Morgan fingerprint density at radius 3 is 2.08 bits per heavy atom. The number of ether oxygens (including phenoxy) is 2. The summed E-state index contributed by atoms with van der Waals surface area (Å²) in [5, 5.41) is 12.0. The zero-order chi connectivity index (χ0) is 17.9. The lowest BCUT2D eigenvalue weighted by atomic mass is 10.0. The number of aromatic carboxylic acids is 1. The van der Waals surface area contributed by atoms with Gasteiger partial charge in [-0.05, 0) is 43.2 Å². The van der Waals surface area contributed by atoms with Crippen LogP contribution in [-0.2, 0) is 0 Å². The van der Waals surface area contributed by atoms with Crippen molar-refractivity contribution in [3.05, 3.63) is 52.6 Å². The summed E-state index contributed by atoms with van der Waals surface area (Å²) in [4.78, 5) is 24.0. The molecule has 0 heterocycles. The Hall–Kier alpha value is -3.02. The van der Waals surface area contributed by atoms with E-state index in [1.165, 1.54) is 20.3 Å². The third kappa shape index (κ3) is 3.32. The van der Waals surface area contributed by atoms with E-state index in [0.29, 0.717) is 22.7 Å². The number of rotatable bonds is 5. The van der Waals surface area contributed by atoms with Crippen molar-refractivity contribution in [3.8, 4) is 11.5 Å². The number of carboxylic acid groups (broad SMARTS) is 1. The van der Waals surface area contributed by atoms with Gasteiger partial charge in [-0.3, -0.25) is 4.79 Å². The first kappa shape index (κ1) is 17.3. The van der Waals surface area contributed by atoms with Crippen molar-refractivity contribution < 1.29 is 24.2 Å². The van der Waals surface area contributed by atoms with Crippen molar-refractivity contribution in [1.82, 2.24) is 0 Å². The molecule has 0 fully saturated rings. The monoisotopic (exact) mass is 329 g/mol. The summed E-state index contributed by atoms with van der Waals surface area (Å²) in [6.07, 6.45) is 0. The van der Waals surface area contributed by atoms with Gasteiger partial charge in [-0.2, -0.15) is 0 Å². The lowest BCUT2D eigenvalue weighted by Gasteiger charge is -2.15. The highest BCUT2D eigenvalue weighted by atomic mass is 16.5. The molecule has 0 aliphatic heterocycles. The van der Waals surface area contributed by atoms with Crippen molar-refractivity contribution in [1.29, 1.82) is 0 Å². The first-order chi connectivity index (χ1) is 11.4. The molecule has 2 N–H and O–H groups in total. The van der Waals surface area contributed by atoms with Gasteiger partial charge in [0, 0.05) is 5.69 Å². The number of benzene rings is 2. The maximum absolute atomic E-state index is 12.7.